The van der Waals surface area contributed by atoms with Gasteiger partial charge in [-0.3, -0.25) is 4.79 Å². The Hall–Kier alpha value is -4.37. The molecule has 0 aliphatic heterocycles. The molecule has 5 rings (SSSR count). The predicted octanol–water partition coefficient (Wildman–Crippen LogP) is 7.34. The molecule has 0 spiro atoms. The maximum absolute atomic E-state index is 12.3. The molecular weight excluding hydrogens is 562 g/mol. The zero-order valence-electron chi connectivity index (χ0n) is 25.6. The monoisotopic (exact) mass is 599 g/mol. The second-order valence-electron chi connectivity index (χ2n) is 11.9. The second kappa shape index (κ2) is 11.7. The number of fused-ring (bicyclic) bond motifs is 2. The van der Waals surface area contributed by atoms with E-state index in [4.69, 9.17) is 18.9 Å². The highest BCUT2D eigenvalue weighted by atomic mass is 32.1. The van der Waals surface area contributed by atoms with E-state index in [9.17, 15) is 9.59 Å². The van der Waals surface area contributed by atoms with Crippen molar-refractivity contribution in [3.05, 3.63) is 76.9 Å². The van der Waals surface area contributed by atoms with Crippen LogP contribution in [0.1, 0.15) is 58.4 Å². The van der Waals surface area contributed by atoms with Gasteiger partial charge in [0.25, 0.3) is 5.91 Å². The van der Waals surface area contributed by atoms with Crippen LogP contribution in [0, 0.1) is 0 Å². The number of thiazole rings is 1. The third kappa shape index (κ3) is 6.51. The molecule has 1 N–H and O–H groups in total. The Morgan fingerprint density at radius 2 is 1.88 bits per heavy atom. The fraction of sp³-hybridized carbons (Fsp3) is 0.324. The van der Waals surface area contributed by atoms with E-state index < -0.39 is 11.6 Å². The Morgan fingerprint density at radius 1 is 1.09 bits per heavy atom. The van der Waals surface area contributed by atoms with Crippen molar-refractivity contribution < 1.29 is 23.5 Å². The summed E-state index contributed by atoms with van der Waals surface area (Å²) in [6, 6.07) is 13.9. The second-order valence-corrected chi connectivity index (χ2v) is 12.8. The third-order valence-electron chi connectivity index (χ3n) is 7.13. The van der Waals surface area contributed by atoms with Crippen molar-refractivity contribution in [2.75, 3.05) is 13.7 Å². The number of nitrogens with zero attached hydrogens (tertiary/aromatic N) is 2. The summed E-state index contributed by atoms with van der Waals surface area (Å²) in [6.07, 6.45) is 5.17. The molecule has 9 heteroatoms. The number of ether oxygens (including phenoxy) is 2. The van der Waals surface area contributed by atoms with Crippen molar-refractivity contribution in [3.63, 3.8) is 0 Å². The maximum Gasteiger partial charge on any atom is 0.330 e. The van der Waals surface area contributed by atoms with Gasteiger partial charge in [-0.05, 0) is 68.8 Å². The van der Waals surface area contributed by atoms with Crippen LogP contribution in [0.4, 0.5) is 0 Å². The van der Waals surface area contributed by atoms with E-state index in [1.54, 1.807) is 45.2 Å². The Morgan fingerprint density at radius 3 is 2.58 bits per heavy atom. The van der Waals surface area contributed by atoms with Gasteiger partial charge in [-0.15, -0.1) is 11.3 Å². The number of carbonyl (C=O) groups is 2. The molecule has 0 fully saturated rings. The fourth-order valence-electron chi connectivity index (χ4n) is 4.85. The minimum Gasteiger partial charge on any atom is -0.478 e. The van der Waals surface area contributed by atoms with Crippen LogP contribution in [0.2, 0.25) is 0 Å². The van der Waals surface area contributed by atoms with Crippen LogP contribution >= 0.6 is 11.3 Å². The molecule has 0 unspecified atom stereocenters. The summed E-state index contributed by atoms with van der Waals surface area (Å²) in [4.78, 5) is 29.2. The Bertz CT molecular complexity index is 1830. The number of aromatic nitrogens is 2. The number of benzene rings is 2. The Balaban J connectivity index is 1.48. The van der Waals surface area contributed by atoms with Gasteiger partial charge in [0.05, 0.1) is 12.3 Å². The first kappa shape index (κ1) is 30.1. The minimum atomic E-state index is -1.06. The molecule has 2 aromatic carbocycles. The van der Waals surface area contributed by atoms with Crippen LogP contribution in [0.15, 0.2) is 64.5 Å². The van der Waals surface area contributed by atoms with Crippen LogP contribution in [0.3, 0.4) is 0 Å². The van der Waals surface area contributed by atoms with Crippen LogP contribution in [-0.2, 0) is 26.3 Å². The summed E-state index contributed by atoms with van der Waals surface area (Å²) in [5, 5.41) is 7.49. The molecule has 3 aromatic heterocycles. The van der Waals surface area contributed by atoms with Gasteiger partial charge in [-0.25, -0.2) is 9.78 Å². The van der Waals surface area contributed by atoms with Gasteiger partial charge in [0.1, 0.15) is 11.3 Å². The summed E-state index contributed by atoms with van der Waals surface area (Å²) in [5.41, 5.74) is 3.65. The standard InChI is InChI=1S/C34H37N3O5S/c1-8-40-30(38)14-10-22-19-37(26-12-11-24(17-25(22)26)42-34(5,6)32(39)35-7)18-21-9-13-27-23(15-21)16-28(41-27)31-36-29(20-43-31)33(2,3)4/h9-17,19-20H,8,18H2,1-7H3,(H,35,39). The lowest BCUT2D eigenvalue weighted by Crippen LogP contribution is -2.45. The number of amides is 1. The van der Waals surface area contributed by atoms with E-state index in [-0.39, 0.29) is 11.3 Å². The lowest BCUT2D eigenvalue weighted by atomic mass is 9.93. The van der Waals surface area contributed by atoms with Crippen LogP contribution in [0.5, 0.6) is 5.75 Å². The average Bonchev–Trinajstić information content (AvgIpc) is 3.68. The Labute approximate surface area is 255 Å². The van der Waals surface area contributed by atoms with E-state index >= 15 is 0 Å². The van der Waals surface area contributed by atoms with Gasteiger partial charge >= 0.3 is 5.97 Å². The fourth-order valence-corrected chi connectivity index (χ4v) is 5.84. The molecule has 43 heavy (non-hydrogen) atoms. The summed E-state index contributed by atoms with van der Waals surface area (Å²) in [7, 11) is 1.58. The number of likely N-dealkylation sites (N-methyl/N-ethyl adjacent to an activating group) is 1. The van der Waals surface area contributed by atoms with Crippen molar-refractivity contribution in [1.82, 2.24) is 14.9 Å². The number of furan rings is 1. The lowest BCUT2D eigenvalue weighted by molar-refractivity contribution is -0.137. The summed E-state index contributed by atoms with van der Waals surface area (Å²) in [5.74, 6) is 0.675. The zero-order chi connectivity index (χ0) is 30.9. The SMILES string of the molecule is CCOC(=O)C=Cc1cn(Cc2ccc3oc(-c4nc(C(C)(C)C)cs4)cc3c2)c2ccc(OC(C)(C)C(=O)NC)cc12. The number of esters is 1. The molecular formula is C34H37N3O5S. The van der Waals surface area contributed by atoms with E-state index in [1.165, 1.54) is 6.08 Å². The number of rotatable bonds is 9. The van der Waals surface area contributed by atoms with Crippen molar-refractivity contribution >= 4 is 51.2 Å². The first-order valence-corrected chi connectivity index (χ1v) is 15.1. The number of nitrogens with one attached hydrogen (secondary N) is 1. The van der Waals surface area contributed by atoms with Gasteiger partial charge in [0, 0.05) is 58.5 Å². The van der Waals surface area contributed by atoms with E-state index in [1.807, 2.05) is 36.5 Å². The minimum absolute atomic E-state index is 0.0228. The van der Waals surface area contributed by atoms with Crippen LogP contribution in [0.25, 0.3) is 38.7 Å². The highest BCUT2D eigenvalue weighted by Crippen LogP contribution is 2.34. The van der Waals surface area contributed by atoms with Crippen molar-refractivity contribution in [2.24, 2.45) is 0 Å². The van der Waals surface area contributed by atoms with Gasteiger partial charge in [0.15, 0.2) is 16.4 Å². The topological polar surface area (TPSA) is 95.6 Å². The van der Waals surface area contributed by atoms with Gasteiger partial charge in [-0.2, -0.15) is 0 Å². The number of hydrogen-bond acceptors (Lipinski definition) is 7. The molecule has 0 saturated carbocycles. The molecule has 0 aliphatic carbocycles. The van der Waals surface area contributed by atoms with Gasteiger partial charge in [-0.1, -0.05) is 26.8 Å². The van der Waals surface area contributed by atoms with Gasteiger partial charge < -0.3 is 23.8 Å². The first-order valence-electron chi connectivity index (χ1n) is 14.3. The molecule has 5 aromatic rings. The molecule has 0 atom stereocenters. The molecule has 224 valence electrons. The summed E-state index contributed by atoms with van der Waals surface area (Å²) >= 11 is 1.59. The lowest BCUT2D eigenvalue weighted by Gasteiger charge is -2.24. The van der Waals surface area contributed by atoms with Crippen LogP contribution < -0.4 is 10.1 Å². The Kier molecular flexibility index (Phi) is 8.21. The van der Waals surface area contributed by atoms with Gasteiger partial charge in [0.2, 0.25) is 0 Å². The summed E-state index contributed by atoms with van der Waals surface area (Å²) < 4.78 is 19.4. The van der Waals surface area contributed by atoms with E-state index in [0.717, 1.165) is 49.5 Å². The van der Waals surface area contributed by atoms with Crippen molar-refractivity contribution in [1.29, 1.82) is 0 Å². The molecule has 3 heterocycles. The van der Waals surface area contributed by atoms with E-state index in [0.29, 0.717) is 18.9 Å². The molecule has 1 amide bonds. The smallest absolute Gasteiger partial charge is 0.330 e. The normalized spacial score (nSPS) is 12.3. The molecule has 0 aliphatic rings. The predicted molar refractivity (Wildman–Crippen MR) is 172 cm³/mol. The largest absolute Gasteiger partial charge is 0.478 e. The summed E-state index contributed by atoms with van der Waals surface area (Å²) in [6.45, 7) is 12.6. The quantitative estimate of drug-likeness (QED) is 0.141. The zero-order valence-corrected chi connectivity index (χ0v) is 26.4. The highest BCUT2D eigenvalue weighted by Gasteiger charge is 2.29. The van der Waals surface area contributed by atoms with Crippen LogP contribution in [-0.4, -0.2) is 40.7 Å². The number of carbonyl (C=O) groups excluding carboxylic acids is 2. The first-order chi connectivity index (χ1) is 20.4. The van der Waals surface area contributed by atoms with Crippen molar-refractivity contribution in [2.45, 2.75) is 59.1 Å². The van der Waals surface area contributed by atoms with Crippen molar-refractivity contribution in [3.8, 4) is 16.5 Å². The number of hydrogen-bond donors (Lipinski definition) is 1. The maximum atomic E-state index is 12.3. The highest BCUT2D eigenvalue weighted by molar-refractivity contribution is 7.13. The molecule has 0 radical (unpaired) electrons. The molecule has 8 nitrogen and oxygen atoms in total. The third-order valence-corrected chi connectivity index (χ3v) is 7.99. The molecule has 0 bridgehead atoms. The molecule has 0 saturated heterocycles. The average molecular weight is 600 g/mol. The van der Waals surface area contributed by atoms with E-state index in [2.05, 4.69) is 48.2 Å².